The molecule has 2 saturated heterocycles. The SMILES string of the molecule is O=C(C1CCN(c2cnc3nccnc3c2)CC1)N1CCC(Cc2ccccc2)CC1. The van der Waals surface area contributed by atoms with E-state index in [0.29, 0.717) is 17.5 Å². The van der Waals surface area contributed by atoms with Crippen molar-refractivity contribution in [2.24, 2.45) is 11.8 Å². The molecule has 0 radical (unpaired) electrons. The van der Waals surface area contributed by atoms with Crippen LogP contribution in [0.25, 0.3) is 11.2 Å². The highest BCUT2D eigenvalue weighted by Gasteiger charge is 2.31. The molecule has 31 heavy (non-hydrogen) atoms. The van der Waals surface area contributed by atoms with Crippen molar-refractivity contribution in [2.75, 3.05) is 31.1 Å². The molecule has 0 aliphatic carbocycles. The van der Waals surface area contributed by atoms with Crippen LogP contribution in [-0.2, 0) is 11.2 Å². The summed E-state index contributed by atoms with van der Waals surface area (Å²) in [6, 6.07) is 12.8. The van der Waals surface area contributed by atoms with Gasteiger partial charge in [-0.2, -0.15) is 0 Å². The van der Waals surface area contributed by atoms with E-state index in [1.807, 2.05) is 6.20 Å². The van der Waals surface area contributed by atoms with Crippen molar-refractivity contribution in [1.82, 2.24) is 19.9 Å². The van der Waals surface area contributed by atoms with Crippen LogP contribution in [0.5, 0.6) is 0 Å². The van der Waals surface area contributed by atoms with E-state index in [1.54, 1.807) is 12.4 Å². The lowest BCUT2D eigenvalue weighted by molar-refractivity contribution is -0.137. The summed E-state index contributed by atoms with van der Waals surface area (Å²) in [6.07, 6.45) is 10.4. The lowest BCUT2D eigenvalue weighted by Crippen LogP contribution is -2.45. The Morgan fingerprint density at radius 1 is 0.903 bits per heavy atom. The Hall–Kier alpha value is -3.02. The van der Waals surface area contributed by atoms with E-state index in [-0.39, 0.29) is 5.92 Å². The Morgan fingerprint density at radius 2 is 1.65 bits per heavy atom. The van der Waals surface area contributed by atoms with Crippen LogP contribution in [0, 0.1) is 11.8 Å². The van der Waals surface area contributed by atoms with E-state index in [2.05, 4.69) is 61.1 Å². The molecule has 2 fully saturated rings. The monoisotopic (exact) mass is 415 g/mol. The number of hydrogen-bond donors (Lipinski definition) is 0. The summed E-state index contributed by atoms with van der Waals surface area (Å²) in [5, 5.41) is 0. The van der Waals surface area contributed by atoms with E-state index < -0.39 is 0 Å². The fourth-order valence-corrected chi connectivity index (χ4v) is 4.97. The maximum Gasteiger partial charge on any atom is 0.225 e. The van der Waals surface area contributed by atoms with Gasteiger partial charge in [0.25, 0.3) is 0 Å². The summed E-state index contributed by atoms with van der Waals surface area (Å²) in [4.78, 5) is 30.6. The minimum Gasteiger partial charge on any atom is -0.370 e. The number of likely N-dealkylation sites (tertiary alicyclic amines) is 1. The van der Waals surface area contributed by atoms with Gasteiger partial charge in [-0.25, -0.2) is 9.97 Å². The molecule has 0 bridgehead atoms. The van der Waals surface area contributed by atoms with Gasteiger partial charge in [-0.3, -0.25) is 9.78 Å². The fourth-order valence-electron chi connectivity index (χ4n) is 4.97. The fraction of sp³-hybridized carbons (Fsp3) is 0.440. The molecule has 0 N–H and O–H groups in total. The van der Waals surface area contributed by atoms with Crippen molar-refractivity contribution in [1.29, 1.82) is 0 Å². The molecule has 0 spiro atoms. The highest BCUT2D eigenvalue weighted by molar-refractivity contribution is 5.79. The summed E-state index contributed by atoms with van der Waals surface area (Å²) in [7, 11) is 0. The van der Waals surface area contributed by atoms with Gasteiger partial charge in [0, 0.05) is 44.5 Å². The molecule has 0 unspecified atom stereocenters. The number of carbonyl (C=O) groups is 1. The van der Waals surface area contributed by atoms with Gasteiger partial charge in [-0.1, -0.05) is 30.3 Å². The Labute approximate surface area is 183 Å². The number of aromatic nitrogens is 3. The van der Waals surface area contributed by atoms with Crippen molar-refractivity contribution in [3.05, 3.63) is 60.6 Å². The molecule has 1 amide bonds. The summed E-state index contributed by atoms with van der Waals surface area (Å²) >= 11 is 0. The normalized spacial score (nSPS) is 18.5. The third-order valence-corrected chi connectivity index (χ3v) is 6.81. The number of rotatable bonds is 4. The molecule has 3 aromatic rings. The quantitative estimate of drug-likeness (QED) is 0.650. The molecule has 5 rings (SSSR count). The number of benzene rings is 1. The molecule has 2 aliphatic rings. The third-order valence-electron chi connectivity index (χ3n) is 6.81. The highest BCUT2D eigenvalue weighted by Crippen LogP contribution is 2.28. The molecule has 0 atom stereocenters. The topological polar surface area (TPSA) is 62.2 Å². The Bertz CT molecular complexity index is 1020. The second-order valence-corrected chi connectivity index (χ2v) is 8.81. The average molecular weight is 416 g/mol. The number of hydrogen-bond acceptors (Lipinski definition) is 5. The largest absolute Gasteiger partial charge is 0.370 e. The molecular formula is C25H29N5O. The second-order valence-electron chi connectivity index (χ2n) is 8.81. The zero-order valence-electron chi connectivity index (χ0n) is 17.9. The number of carbonyl (C=O) groups excluding carboxylic acids is 1. The molecule has 2 aliphatic heterocycles. The Kier molecular flexibility index (Phi) is 5.78. The number of anilines is 1. The first-order chi connectivity index (χ1) is 15.3. The lowest BCUT2D eigenvalue weighted by atomic mass is 9.88. The number of amides is 1. The van der Waals surface area contributed by atoms with Crippen LogP contribution in [0.2, 0.25) is 0 Å². The van der Waals surface area contributed by atoms with Crippen LogP contribution in [-0.4, -0.2) is 51.9 Å². The maximum absolute atomic E-state index is 13.1. The summed E-state index contributed by atoms with van der Waals surface area (Å²) < 4.78 is 0. The summed E-state index contributed by atoms with van der Waals surface area (Å²) in [6.45, 7) is 3.58. The van der Waals surface area contributed by atoms with Gasteiger partial charge in [-0.15, -0.1) is 0 Å². The maximum atomic E-state index is 13.1. The molecule has 160 valence electrons. The van der Waals surface area contributed by atoms with Gasteiger partial charge < -0.3 is 9.80 Å². The first-order valence-electron chi connectivity index (χ1n) is 11.4. The lowest BCUT2D eigenvalue weighted by Gasteiger charge is -2.38. The molecule has 2 aromatic heterocycles. The van der Waals surface area contributed by atoms with Crippen LogP contribution < -0.4 is 4.90 Å². The molecule has 1 aromatic carbocycles. The summed E-state index contributed by atoms with van der Waals surface area (Å²) in [5.74, 6) is 1.20. The van der Waals surface area contributed by atoms with Gasteiger partial charge in [0.1, 0.15) is 5.52 Å². The van der Waals surface area contributed by atoms with E-state index in [4.69, 9.17) is 0 Å². The number of nitrogens with zero attached hydrogens (tertiary/aromatic N) is 5. The molecule has 4 heterocycles. The first kappa shape index (κ1) is 19.9. The average Bonchev–Trinajstić information content (AvgIpc) is 2.84. The van der Waals surface area contributed by atoms with Crippen LogP contribution in [0.1, 0.15) is 31.2 Å². The minimum absolute atomic E-state index is 0.148. The number of piperidine rings is 2. The zero-order chi connectivity index (χ0) is 21.0. The van der Waals surface area contributed by atoms with Crippen molar-refractivity contribution < 1.29 is 4.79 Å². The highest BCUT2D eigenvalue weighted by atomic mass is 16.2. The van der Waals surface area contributed by atoms with Crippen LogP contribution in [0.4, 0.5) is 5.69 Å². The first-order valence-corrected chi connectivity index (χ1v) is 11.4. The molecule has 6 heteroatoms. The standard InChI is InChI=1S/C25H29N5O/c31-25(30-12-6-20(7-13-30)16-19-4-2-1-3-5-19)21-8-14-29(15-9-21)22-17-23-24(28-18-22)27-11-10-26-23/h1-5,10-11,17-18,20-21H,6-9,12-16H2. The Balaban J connectivity index is 1.12. The molecule has 6 nitrogen and oxygen atoms in total. The molecule has 0 saturated carbocycles. The third kappa shape index (κ3) is 4.53. The zero-order valence-corrected chi connectivity index (χ0v) is 17.9. The van der Waals surface area contributed by atoms with Gasteiger partial charge in [0.05, 0.1) is 11.9 Å². The molecular weight excluding hydrogens is 386 g/mol. The smallest absolute Gasteiger partial charge is 0.225 e. The van der Waals surface area contributed by atoms with Gasteiger partial charge in [0.2, 0.25) is 5.91 Å². The van der Waals surface area contributed by atoms with E-state index in [0.717, 1.165) is 69.5 Å². The van der Waals surface area contributed by atoms with Crippen molar-refractivity contribution in [3.63, 3.8) is 0 Å². The minimum atomic E-state index is 0.148. The number of fused-ring (bicyclic) bond motifs is 1. The van der Waals surface area contributed by atoms with Crippen LogP contribution >= 0.6 is 0 Å². The predicted molar refractivity (Wildman–Crippen MR) is 122 cm³/mol. The van der Waals surface area contributed by atoms with Crippen molar-refractivity contribution in [3.8, 4) is 0 Å². The van der Waals surface area contributed by atoms with E-state index in [1.165, 1.54) is 5.56 Å². The van der Waals surface area contributed by atoms with Gasteiger partial charge >= 0.3 is 0 Å². The van der Waals surface area contributed by atoms with Crippen molar-refractivity contribution >= 4 is 22.8 Å². The van der Waals surface area contributed by atoms with E-state index in [9.17, 15) is 4.79 Å². The van der Waals surface area contributed by atoms with Crippen molar-refractivity contribution in [2.45, 2.75) is 32.1 Å². The predicted octanol–water partition coefficient (Wildman–Crippen LogP) is 3.72. The Morgan fingerprint density at radius 3 is 2.42 bits per heavy atom. The number of pyridine rings is 1. The van der Waals surface area contributed by atoms with E-state index >= 15 is 0 Å². The van der Waals surface area contributed by atoms with Gasteiger partial charge in [-0.05, 0) is 49.7 Å². The van der Waals surface area contributed by atoms with Crippen LogP contribution in [0.3, 0.4) is 0 Å². The van der Waals surface area contributed by atoms with Crippen LogP contribution in [0.15, 0.2) is 55.0 Å². The summed E-state index contributed by atoms with van der Waals surface area (Å²) in [5.41, 5.74) is 3.97. The second kappa shape index (κ2) is 9.00. The van der Waals surface area contributed by atoms with Gasteiger partial charge in [0.15, 0.2) is 5.65 Å².